The van der Waals surface area contributed by atoms with Crippen molar-refractivity contribution in [2.45, 2.75) is 44.2 Å². The van der Waals surface area contributed by atoms with Gasteiger partial charge in [-0.05, 0) is 55.1 Å². The Balaban J connectivity index is 1.47. The van der Waals surface area contributed by atoms with Crippen molar-refractivity contribution in [3.63, 3.8) is 0 Å². The lowest BCUT2D eigenvalue weighted by atomic mass is 9.78. The van der Waals surface area contributed by atoms with Crippen LogP contribution in [-0.2, 0) is 4.74 Å². The molecule has 3 aliphatic heterocycles. The van der Waals surface area contributed by atoms with E-state index in [2.05, 4.69) is 90.9 Å². The molecule has 156 valence electrons. The topological polar surface area (TPSA) is 12.5 Å². The lowest BCUT2D eigenvalue weighted by Gasteiger charge is -2.45. The summed E-state index contributed by atoms with van der Waals surface area (Å²) in [5.41, 5.74) is 5.48. The van der Waals surface area contributed by atoms with Gasteiger partial charge in [-0.2, -0.15) is 0 Å². The Morgan fingerprint density at radius 3 is 2.58 bits per heavy atom. The van der Waals surface area contributed by atoms with Gasteiger partial charge < -0.3 is 4.74 Å². The van der Waals surface area contributed by atoms with E-state index in [0.29, 0.717) is 6.04 Å². The minimum absolute atomic E-state index is 0.314. The monoisotopic (exact) mass is 407 g/mol. The summed E-state index contributed by atoms with van der Waals surface area (Å²) in [6, 6.07) is 19.4. The van der Waals surface area contributed by atoms with Crippen LogP contribution in [0.5, 0.6) is 0 Å². The maximum atomic E-state index is 6.46. The average molecular weight is 408 g/mol. The third-order valence-electron chi connectivity index (χ3n) is 6.91. The molecule has 31 heavy (non-hydrogen) atoms. The van der Waals surface area contributed by atoms with Gasteiger partial charge in [-0.1, -0.05) is 80.3 Å². The number of benzene rings is 2. The zero-order valence-corrected chi connectivity index (χ0v) is 18.2. The van der Waals surface area contributed by atoms with Crippen molar-refractivity contribution in [2.24, 2.45) is 0 Å². The number of hydrogen-bond acceptors (Lipinski definition) is 2. The summed E-state index contributed by atoms with van der Waals surface area (Å²) in [6.07, 6.45) is 9.06. The van der Waals surface area contributed by atoms with Crippen LogP contribution in [0.4, 0.5) is 0 Å². The second-order valence-electron chi connectivity index (χ2n) is 8.69. The maximum absolute atomic E-state index is 6.46. The molecule has 2 nitrogen and oxygen atoms in total. The summed E-state index contributed by atoms with van der Waals surface area (Å²) in [4.78, 5) is 2.59. The van der Waals surface area contributed by atoms with Gasteiger partial charge in [-0.25, -0.2) is 0 Å². The van der Waals surface area contributed by atoms with E-state index in [1.165, 1.54) is 36.0 Å². The minimum Gasteiger partial charge on any atom is -0.482 e. The molecule has 3 aliphatic rings. The first-order valence-corrected chi connectivity index (χ1v) is 11.4. The number of nitrogens with zero attached hydrogens (tertiary/aromatic N) is 1. The minimum atomic E-state index is -0.314. The van der Waals surface area contributed by atoms with Gasteiger partial charge >= 0.3 is 0 Å². The van der Waals surface area contributed by atoms with E-state index in [-0.39, 0.29) is 5.60 Å². The van der Waals surface area contributed by atoms with Crippen molar-refractivity contribution in [2.75, 3.05) is 13.1 Å². The van der Waals surface area contributed by atoms with Crippen molar-refractivity contribution in [3.8, 4) is 23.0 Å². The molecule has 0 unspecified atom stereocenters. The largest absolute Gasteiger partial charge is 0.482 e. The first-order valence-electron chi connectivity index (χ1n) is 11.4. The molecule has 0 saturated carbocycles. The number of ether oxygens (including phenoxy) is 1. The Morgan fingerprint density at radius 1 is 1.03 bits per heavy atom. The standard InChI is InChI=1S/C29H29NO/c1-3-29-27(21-22(2)31-29)26(18-20-30-19-8-7-11-28(29)30)17-14-23-12-15-25(16-13-23)24-9-5-4-6-10-24/h4-6,9-10,12-13,15-16,18,21,28H,2-3,7-8,11,19-20H2,1H3/t28-,29+/m1/s1. The molecular formula is C29H29NO. The van der Waals surface area contributed by atoms with E-state index < -0.39 is 0 Å². The van der Waals surface area contributed by atoms with Gasteiger partial charge in [0.05, 0.1) is 6.04 Å². The highest BCUT2D eigenvalue weighted by Crippen LogP contribution is 2.47. The van der Waals surface area contributed by atoms with Gasteiger partial charge in [0, 0.05) is 23.3 Å². The van der Waals surface area contributed by atoms with Gasteiger partial charge in [0.15, 0.2) is 5.60 Å². The summed E-state index contributed by atoms with van der Waals surface area (Å²) in [7, 11) is 0. The van der Waals surface area contributed by atoms with Crippen LogP contribution in [0.25, 0.3) is 11.1 Å². The van der Waals surface area contributed by atoms with Crippen molar-refractivity contribution in [3.05, 3.63) is 95.8 Å². The fourth-order valence-electron chi connectivity index (χ4n) is 5.34. The van der Waals surface area contributed by atoms with E-state index in [9.17, 15) is 0 Å². The van der Waals surface area contributed by atoms with E-state index in [1.807, 2.05) is 6.07 Å². The van der Waals surface area contributed by atoms with Crippen LogP contribution in [0, 0.1) is 11.8 Å². The third-order valence-corrected chi connectivity index (χ3v) is 6.91. The maximum Gasteiger partial charge on any atom is 0.150 e. The van der Waals surface area contributed by atoms with Crippen LogP contribution in [0.3, 0.4) is 0 Å². The zero-order valence-electron chi connectivity index (χ0n) is 18.2. The normalized spacial score (nSPS) is 25.2. The van der Waals surface area contributed by atoms with E-state index in [0.717, 1.165) is 36.4 Å². The van der Waals surface area contributed by atoms with Gasteiger partial charge in [-0.15, -0.1) is 0 Å². The molecule has 2 aromatic carbocycles. The summed E-state index contributed by atoms with van der Waals surface area (Å²) in [5.74, 6) is 7.67. The molecule has 0 N–H and O–H groups in total. The number of allylic oxidation sites excluding steroid dienone is 1. The molecular weight excluding hydrogens is 378 g/mol. The average Bonchev–Trinajstić information content (AvgIpc) is 3.11. The van der Waals surface area contributed by atoms with Crippen LogP contribution < -0.4 is 0 Å². The number of rotatable bonds is 2. The fraction of sp³-hybridized carbons (Fsp3) is 0.310. The summed E-state index contributed by atoms with van der Waals surface area (Å²) in [6.45, 7) is 8.45. The summed E-state index contributed by atoms with van der Waals surface area (Å²) < 4.78 is 6.46. The Labute approximate surface area is 185 Å². The Bertz CT molecular complexity index is 1100. The van der Waals surface area contributed by atoms with Crippen LogP contribution in [0.2, 0.25) is 0 Å². The van der Waals surface area contributed by atoms with Crippen LogP contribution in [0.1, 0.15) is 38.2 Å². The predicted molar refractivity (Wildman–Crippen MR) is 127 cm³/mol. The highest BCUT2D eigenvalue weighted by molar-refractivity contribution is 5.65. The molecule has 0 bridgehead atoms. The van der Waals surface area contributed by atoms with E-state index in [1.54, 1.807) is 0 Å². The highest BCUT2D eigenvalue weighted by Gasteiger charge is 2.51. The Morgan fingerprint density at radius 2 is 1.81 bits per heavy atom. The quantitative estimate of drug-likeness (QED) is 0.556. The fourth-order valence-corrected chi connectivity index (χ4v) is 5.34. The van der Waals surface area contributed by atoms with Crippen LogP contribution in [-0.4, -0.2) is 29.6 Å². The molecule has 2 aromatic rings. The lowest BCUT2D eigenvalue weighted by Crippen LogP contribution is -2.54. The van der Waals surface area contributed by atoms with Gasteiger partial charge in [0.25, 0.3) is 0 Å². The Hall–Kier alpha value is -3.02. The van der Waals surface area contributed by atoms with Crippen LogP contribution >= 0.6 is 0 Å². The molecule has 0 aromatic heterocycles. The molecule has 0 spiro atoms. The van der Waals surface area contributed by atoms with Gasteiger partial charge in [0.2, 0.25) is 0 Å². The van der Waals surface area contributed by atoms with Crippen molar-refractivity contribution >= 4 is 0 Å². The summed E-state index contributed by atoms with van der Waals surface area (Å²) >= 11 is 0. The number of hydrogen-bond donors (Lipinski definition) is 0. The third kappa shape index (κ3) is 3.64. The second-order valence-corrected chi connectivity index (χ2v) is 8.69. The molecule has 5 rings (SSSR count). The van der Waals surface area contributed by atoms with E-state index in [4.69, 9.17) is 4.74 Å². The zero-order chi connectivity index (χ0) is 21.3. The molecule has 0 aliphatic carbocycles. The van der Waals surface area contributed by atoms with Crippen molar-refractivity contribution < 1.29 is 4.74 Å². The molecule has 0 amide bonds. The summed E-state index contributed by atoms with van der Waals surface area (Å²) in [5, 5.41) is 0. The molecule has 3 heterocycles. The van der Waals surface area contributed by atoms with Crippen LogP contribution in [0.15, 0.2) is 90.2 Å². The van der Waals surface area contributed by atoms with E-state index >= 15 is 0 Å². The highest BCUT2D eigenvalue weighted by atomic mass is 16.5. The van der Waals surface area contributed by atoms with Gasteiger partial charge in [-0.3, -0.25) is 4.90 Å². The molecule has 1 fully saturated rings. The SMILES string of the molecule is C=C1C=C2C(C#Cc3ccc(-c4ccccc4)cc3)=CCN3CCCC[C@@H]3[C@@]2(CC)O1. The lowest BCUT2D eigenvalue weighted by molar-refractivity contribution is -0.0378. The number of fused-ring (bicyclic) bond motifs is 3. The molecule has 1 saturated heterocycles. The number of piperidine rings is 1. The first kappa shape index (κ1) is 19.9. The molecule has 2 heteroatoms. The molecule has 2 atom stereocenters. The van der Waals surface area contributed by atoms with Crippen molar-refractivity contribution in [1.82, 2.24) is 4.90 Å². The Kier molecular flexibility index (Phi) is 5.30. The predicted octanol–water partition coefficient (Wildman–Crippen LogP) is 6.12. The van der Waals surface area contributed by atoms with Gasteiger partial charge in [0.1, 0.15) is 5.76 Å². The second kappa shape index (κ2) is 8.25. The smallest absolute Gasteiger partial charge is 0.150 e. The first-order chi connectivity index (χ1) is 15.2. The molecule has 0 radical (unpaired) electrons. The van der Waals surface area contributed by atoms with Crippen molar-refractivity contribution in [1.29, 1.82) is 0 Å².